The van der Waals surface area contributed by atoms with Crippen molar-refractivity contribution in [3.8, 4) is 0 Å². The molecule has 0 spiro atoms. The third-order valence-electron chi connectivity index (χ3n) is 1.61. The highest BCUT2D eigenvalue weighted by atomic mass is 16.8. The topological polar surface area (TPSA) is 30.9 Å². The predicted octanol–water partition coefficient (Wildman–Crippen LogP) is 0.920. The average molecular weight is 191 g/mol. The lowest BCUT2D eigenvalue weighted by atomic mass is 10.6. The second kappa shape index (κ2) is 7.26. The SMILES string of the molecule is COC(C)OC(C)OCCN(C)C. The molecule has 4 heteroatoms. The van der Waals surface area contributed by atoms with Crippen LogP contribution in [0.1, 0.15) is 13.8 Å². The molecule has 80 valence electrons. The van der Waals surface area contributed by atoms with Crippen LogP contribution < -0.4 is 0 Å². The molecule has 0 aromatic carbocycles. The number of ether oxygens (including phenoxy) is 3. The van der Waals surface area contributed by atoms with Crippen LogP contribution in [0.25, 0.3) is 0 Å². The first kappa shape index (κ1) is 12.8. The van der Waals surface area contributed by atoms with Crippen LogP contribution in [-0.4, -0.2) is 51.8 Å². The standard InChI is InChI=1S/C9H21NO3/c1-8(11-5)13-9(2)12-7-6-10(3)4/h8-9H,6-7H2,1-5H3. The van der Waals surface area contributed by atoms with Crippen LogP contribution in [0.5, 0.6) is 0 Å². The van der Waals surface area contributed by atoms with E-state index >= 15 is 0 Å². The molecule has 0 aliphatic carbocycles. The van der Waals surface area contributed by atoms with Gasteiger partial charge in [0.15, 0.2) is 12.6 Å². The first-order valence-electron chi connectivity index (χ1n) is 4.51. The van der Waals surface area contributed by atoms with Crippen LogP contribution in [0.2, 0.25) is 0 Å². The lowest BCUT2D eigenvalue weighted by molar-refractivity contribution is -0.223. The molecule has 2 unspecified atom stereocenters. The Hall–Kier alpha value is -0.160. The van der Waals surface area contributed by atoms with Gasteiger partial charge in [0.05, 0.1) is 6.61 Å². The Morgan fingerprint density at radius 2 is 1.77 bits per heavy atom. The maximum atomic E-state index is 5.38. The molecule has 0 radical (unpaired) electrons. The van der Waals surface area contributed by atoms with E-state index in [1.54, 1.807) is 7.11 Å². The summed E-state index contributed by atoms with van der Waals surface area (Å²) in [6.45, 7) is 5.27. The van der Waals surface area contributed by atoms with Crippen LogP contribution in [0.3, 0.4) is 0 Å². The molecule has 0 N–H and O–H groups in total. The van der Waals surface area contributed by atoms with E-state index in [0.717, 1.165) is 6.54 Å². The Kier molecular flexibility index (Phi) is 7.17. The Morgan fingerprint density at radius 3 is 2.23 bits per heavy atom. The van der Waals surface area contributed by atoms with Gasteiger partial charge in [-0.3, -0.25) is 0 Å². The minimum atomic E-state index is -0.214. The summed E-state index contributed by atoms with van der Waals surface area (Å²) in [5, 5.41) is 0. The zero-order chi connectivity index (χ0) is 10.3. The Morgan fingerprint density at radius 1 is 1.15 bits per heavy atom. The maximum absolute atomic E-state index is 5.38. The van der Waals surface area contributed by atoms with Crippen LogP contribution in [0, 0.1) is 0 Å². The summed E-state index contributed by atoms with van der Waals surface area (Å²) in [7, 11) is 5.62. The van der Waals surface area contributed by atoms with Gasteiger partial charge >= 0.3 is 0 Å². The summed E-state index contributed by atoms with van der Waals surface area (Å²) in [6.07, 6.45) is -0.427. The number of nitrogens with zero attached hydrogens (tertiary/aromatic N) is 1. The monoisotopic (exact) mass is 191 g/mol. The molecule has 0 bridgehead atoms. The van der Waals surface area contributed by atoms with Crippen molar-refractivity contribution in [1.29, 1.82) is 0 Å². The predicted molar refractivity (Wildman–Crippen MR) is 51.5 cm³/mol. The molecule has 0 saturated carbocycles. The largest absolute Gasteiger partial charge is 0.356 e. The molecule has 13 heavy (non-hydrogen) atoms. The molecule has 4 nitrogen and oxygen atoms in total. The molecule has 0 heterocycles. The lowest BCUT2D eigenvalue weighted by Gasteiger charge is -2.19. The fourth-order valence-corrected chi connectivity index (χ4v) is 0.766. The Bertz CT molecular complexity index is 119. The van der Waals surface area contributed by atoms with Gasteiger partial charge in [0.1, 0.15) is 0 Å². The molecule has 0 aliphatic heterocycles. The molecular formula is C9H21NO3. The first-order chi connectivity index (χ1) is 6.06. The van der Waals surface area contributed by atoms with Crippen molar-refractivity contribution >= 4 is 0 Å². The fraction of sp³-hybridized carbons (Fsp3) is 1.00. The number of hydrogen-bond donors (Lipinski definition) is 0. The zero-order valence-corrected chi connectivity index (χ0v) is 9.24. The van der Waals surface area contributed by atoms with Crippen molar-refractivity contribution in [2.45, 2.75) is 26.4 Å². The third-order valence-corrected chi connectivity index (χ3v) is 1.61. The highest BCUT2D eigenvalue weighted by molar-refractivity contribution is 4.41. The third kappa shape index (κ3) is 8.18. The van der Waals surface area contributed by atoms with Gasteiger partial charge in [-0.1, -0.05) is 0 Å². The van der Waals surface area contributed by atoms with Crippen LogP contribution >= 0.6 is 0 Å². The number of hydrogen-bond acceptors (Lipinski definition) is 4. The van der Waals surface area contributed by atoms with E-state index < -0.39 is 0 Å². The highest BCUT2D eigenvalue weighted by Crippen LogP contribution is 1.99. The number of likely N-dealkylation sites (N-methyl/N-ethyl adjacent to an activating group) is 1. The van der Waals surface area contributed by atoms with Gasteiger partial charge in [0, 0.05) is 13.7 Å². The van der Waals surface area contributed by atoms with E-state index in [0.29, 0.717) is 6.61 Å². The molecule has 2 atom stereocenters. The number of rotatable bonds is 7. The normalized spacial score (nSPS) is 16.2. The van der Waals surface area contributed by atoms with Gasteiger partial charge < -0.3 is 19.1 Å². The minimum absolute atomic E-state index is 0.213. The second-order valence-corrected chi connectivity index (χ2v) is 3.18. The summed E-state index contributed by atoms with van der Waals surface area (Å²) in [6, 6.07) is 0. The van der Waals surface area contributed by atoms with E-state index in [2.05, 4.69) is 4.90 Å². The van der Waals surface area contributed by atoms with Gasteiger partial charge in [-0.15, -0.1) is 0 Å². The van der Waals surface area contributed by atoms with E-state index in [9.17, 15) is 0 Å². The highest BCUT2D eigenvalue weighted by Gasteiger charge is 2.06. The summed E-state index contributed by atoms with van der Waals surface area (Å²) < 4.78 is 15.6. The van der Waals surface area contributed by atoms with Gasteiger partial charge in [-0.2, -0.15) is 0 Å². The zero-order valence-electron chi connectivity index (χ0n) is 9.24. The minimum Gasteiger partial charge on any atom is -0.356 e. The molecule has 0 aromatic rings. The van der Waals surface area contributed by atoms with E-state index in [4.69, 9.17) is 14.2 Å². The van der Waals surface area contributed by atoms with Crippen molar-refractivity contribution in [1.82, 2.24) is 4.90 Å². The van der Waals surface area contributed by atoms with Crippen molar-refractivity contribution in [2.75, 3.05) is 34.4 Å². The van der Waals surface area contributed by atoms with Gasteiger partial charge in [-0.05, 0) is 27.9 Å². The van der Waals surface area contributed by atoms with Crippen molar-refractivity contribution < 1.29 is 14.2 Å². The average Bonchev–Trinajstić information content (AvgIpc) is 2.03. The van der Waals surface area contributed by atoms with E-state index in [1.165, 1.54) is 0 Å². The molecule has 0 saturated heterocycles. The summed E-state index contributed by atoms with van der Waals surface area (Å²) in [4.78, 5) is 2.06. The second-order valence-electron chi connectivity index (χ2n) is 3.18. The molecule has 0 aliphatic rings. The molecule has 0 aromatic heterocycles. The maximum Gasteiger partial charge on any atom is 0.158 e. The Labute approximate surface area is 80.8 Å². The van der Waals surface area contributed by atoms with Gasteiger partial charge in [0.2, 0.25) is 0 Å². The Balaban J connectivity index is 3.34. The fourth-order valence-electron chi connectivity index (χ4n) is 0.766. The van der Waals surface area contributed by atoms with Gasteiger partial charge in [0.25, 0.3) is 0 Å². The van der Waals surface area contributed by atoms with Crippen molar-refractivity contribution in [3.63, 3.8) is 0 Å². The summed E-state index contributed by atoms with van der Waals surface area (Å²) in [5.41, 5.74) is 0. The summed E-state index contributed by atoms with van der Waals surface area (Å²) in [5.74, 6) is 0. The van der Waals surface area contributed by atoms with Crippen LogP contribution in [0.4, 0.5) is 0 Å². The smallest absolute Gasteiger partial charge is 0.158 e. The van der Waals surface area contributed by atoms with Crippen molar-refractivity contribution in [3.05, 3.63) is 0 Å². The molecule has 0 rings (SSSR count). The molecular weight excluding hydrogens is 170 g/mol. The van der Waals surface area contributed by atoms with Crippen LogP contribution in [0.15, 0.2) is 0 Å². The van der Waals surface area contributed by atoms with Crippen molar-refractivity contribution in [2.24, 2.45) is 0 Å². The quantitative estimate of drug-likeness (QED) is 0.560. The first-order valence-corrected chi connectivity index (χ1v) is 4.51. The molecule has 0 fully saturated rings. The van der Waals surface area contributed by atoms with E-state index in [1.807, 2.05) is 27.9 Å². The summed E-state index contributed by atoms with van der Waals surface area (Å²) >= 11 is 0. The lowest BCUT2D eigenvalue weighted by Crippen LogP contribution is -2.25. The van der Waals surface area contributed by atoms with E-state index in [-0.39, 0.29) is 12.6 Å². The molecule has 0 amide bonds. The van der Waals surface area contributed by atoms with Crippen LogP contribution in [-0.2, 0) is 14.2 Å². The number of methoxy groups -OCH3 is 1. The van der Waals surface area contributed by atoms with Gasteiger partial charge in [-0.25, -0.2) is 0 Å².